The van der Waals surface area contributed by atoms with E-state index in [9.17, 15) is 19.8 Å². The fraction of sp³-hybridized carbons (Fsp3) is 0.185. The van der Waals surface area contributed by atoms with Crippen molar-refractivity contribution >= 4 is 32.9 Å². The minimum absolute atomic E-state index is 0.0408. The summed E-state index contributed by atoms with van der Waals surface area (Å²) in [6, 6.07) is 12.7. The van der Waals surface area contributed by atoms with Crippen LogP contribution in [-0.4, -0.2) is 30.1 Å². The highest BCUT2D eigenvalue weighted by Crippen LogP contribution is 2.45. The number of halogens is 1. The number of fused-ring (bicyclic) bond motifs is 2. The predicted octanol–water partition coefficient (Wildman–Crippen LogP) is 5.20. The van der Waals surface area contributed by atoms with Crippen molar-refractivity contribution in [3.63, 3.8) is 0 Å². The van der Waals surface area contributed by atoms with E-state index in [0.717, 1.165) is 10.0 Å². The Kier molecular flexibility index (Phi) is 6.42. The fourth-order valence-corrected chi connectivity index (χ4v) is 5.00. The van der Waals surface area contributed by atoms with Crippen molar-refractivity contribution in [2.45, 2.75) is 18.9 Å². The number of ether oxygens (including phenoxy) is 3. The van der Waals surface area contributed by atoms with Crippen molar-refractivity contribution in [2.75, 3.05) is 13.9 Å². The van der Waals surface area contributed by atoms with Crippen LogP contribution in [-0.2, 0) is 20.9 Å². The molecule has 0 saturated heterocycles. The minimum Gasteiger partial charge on any atom is -0.508 e. The number of phenolic OH excluding ortho intramolecular Hbond substituents is 2. The van der Waals surface area contributed by atoms with Gasteiger partial charge < -0.3 is 28.8 Å². The normalized spacial score (nSPS) is 13.6. The van der Waals surface area contributed by atoms with Crippen molar-refractivity contribution in [1.29, 1.82) is 0 Å². The van der Waals surface area contributed by atoms with Crippen LogP contribution in [0.5, 0.6) is 17.2 Å². The monoisotopic (exact) mass is 552 g/mol. The third-order valence-electron chi connectivity index (χ3n) is 6.16. The summed E-state index contributed by atoms with van der Waals surface area (Å²) in [6.45, 7) is 0.360. The van der Waals surface area contributed by atoms with Crippen LogP contribution >= 0.6 is 15.9 Å². The molecule has 3 aromatic carbocycles. The maximum atomic E-state index is 13.5. The van der Waals surface area contributed by atoms with Crippen LogP contribution in [0.1, 0.15) is 29.0 Å². The van der Waals surface area contributed by atoms with Gasteiger partial charge in [-0.25, -0.2) is 0 Å². The third-order valence-corrected chi connectivity index (χ3v) is 6.62. The number of aromatic hydroxyl groups is 2. The topological polar surface area (TPSA) is 115 Å². The molecule has 0 unspecified atom stereocenters. The zero-order valence-corrected chi connectivity index (χ0v) is 20.7. The molecule has 1 aromatic heterocycles. The highest BCUT2D eigenvalue weighted by atomic mass is 79.9. The molecule has 0 bridgehead atoms. The Labute approximate surface area is 213 Å². The Morgan fingerprint density at radius 1 is 1.14 bits per heavy atom. The van der Waals surface area contributed by atoms with Crippen molar-refractivity contribution in [3.8, 4) is 28.4 Å². The fourth-order valence-electron chi connectivity index (χ4n) is 4.47. The minimum atomic E-state index is -0.756. The largest absolute Gasteiger partial charge is 0.508 e. The molecule has 9 heteroatoms. The Balaban J connectivity index is 1.75. The standard InChI is InChI=1S/C27H21BrO8/c1-33-23(31)10-19(20-9-16(28)8-15-11-34-13-36-26(15)20)24-22(30)7-6-18-25(32)21(12-35-27(18)24)14-2-4-17(29)5-3-14/h2-9,12,19,29-30H,10-11,13H2,1H3/t19-/m0/s1. The number of esters is 1. The van der Waals surface area contributed by atoms with E-state index in [1.54, 1.807) is 18.2 Å². The van der Waals surface area contributed by atoms with Gasteiger partial charge in [0.2, 0.25) is 5.43 Å². The van der Waals surface area contributed by atoms with E-state index in [1.165, 1.54) is 37.6 Å². The van der Waals surface area contributed by atoms with Gasteiger partial charge in [0, 0.05) is 27.1 Å². The first-order valence-electron chi connectivity index (χ1n) is 11.0. The Morgan fingerprint density at radius 2 is 1.92 bits per heavy atom. The molecule has 4 aromatic rings. The average molecular weight is 553 g/mol. The summed E-state index contributed by atoms with van der Waals surface area (Å²) in [7, 11) is 1.28. The maximum absolute atomic E-state index is 13.5. The first kappa shape index (κ1) is 23.9. The van der Waals surface area contributed by atoms with Crippen LogP contribution < -0.4 is 10.2 Å². The molecule has 1 aliphatic rings. The third kappa shape index (κ3) is 4.31. The molecule has 0 radical (unpaired) electrons. The van der Waals surface area contributed by atoms with E-state index in [1.807, 2.05) is 6.07 Å². The van der Waals surface area contributed by atoms with Gasteiger partial charge in [-0.05, 0) is 42.0 Å². The van der Waals surface area contributed by atoms with Gasteiger partial charge in [-0.15, -0.1) is 0 Å². The first-order chi connectivity index (χ1) is 17.4. The van der Waals surface area contributed by atoms with Gasteiger partial charge in [-0.1, -0.05) is 28.1 Å². The lowest BCUT2D eigenvalue weighted by Gasteiger charge is -2.26. The number of methoxy groups -OCH3 is 1. The average Bonchev–Trinajstić information content (AvgIpc) is 2.88. The summed E-state index contributed by atoms with van der Waals surface area (Å²) in [4.78, 5) is 26.0. The Bertz CT molecular complexity index is 1520. The van der Waals surface area contributed by atoms with Crippen molar-refractivity contribution in [3.05, 3.63) is 86.2 Å². The second kappa shape index (κ2) is 9.67. The summed E-state index contributed by atoms with van der Waals surface area (Å²) in [5, 5.41) is 20.8. The summed E-state index contributed by atoms with van der Waals surface area (Å²) in [5.74, 6) is -0.796. The molecule has 1 aliphatic heterocycles. The summed E-state index contributed by atoms with van der Waals surface area (Å²) >= 11 is 3.50. The number of hydrogen-bond donors (Lipinski definition) is 2. The van der Waals surface area contributed by atoms with Gasteiger partial charge >= 0.3 is 5.97 Å². The highest BCUT2D eigenvalue weighted by Gasteiger charge is 2.31. The van der Waals surface area contributed by atoms with E-state index in [2.05, 4.69) is 15.9 Å². The quantitative estimate of drug-likeness (QED) is 0.325. The number of benzene rings is 3. The molecule has 5 rings (SSSR count). The lowest BCUT2D eigenvalue weighted by atomic mass is 9.85. The SMILES string of the molecule is COC(=O)C[C@@H](c1cc(Br)cc2c1OCOC2)c1c(O)ccc2c(=O)c(-c3ccc(O)cc3)coc12. The van der Waals surface area contributed by atoms with Gasteiger partial charge in [0.1, 0.15) is 29.1 Å². The van der Waals surface area contributed by atoms with Crippen LogP contribution in [0.15, 0.2) is 68.5 Å². The molecule has 8 nitrogen and oxygen atoms in total. The lowest BCUT2D eigenvalue weighted by Crippen LogP contribution is -2.17. The molecule has 36 heavy (non-hydrogen) atoms. The Morgan fingerprint density at radius 3 is 2.67 bits per heavy atom. The predicted molar refractivity (Wildman–Crippen MR) is 134 cm³/mol. The molecule has 0 amide bonds. The van der Waals surface area contributed by atoms with Crippen LogP contribution in [0.25, 0.3) is 22.1 Å². The molecule has 2 heterocycles. The summed E-state index contributed by atoms with van der Waals surface area (Å²) < 4.78 is 22.8. The molecule has 0 spiro atoms. The summed E-state index contributed by atoms with van der Waals surface area (Å²) in [5.41, 5.74) is 2.35. The van der Waals surface area contributed by atoms with Gasteiger partial charge in [-0.3, -0.25) is 9.59 Å². The molecular formula is C27H21BrO8. The first-order valence-corrected chi connectivity index (χ1v) is 11.8. The number of carbonyl (C=O) groups excluding carboxylic acids is 1. The van der Waals surface area contributed by atoms with Gasteiger partial charge in [-0.2, -0.15) is 0 Å². The molecule has 0 fully saturated rings. The zero-order valence-electron chi connectivity index (χ0n) is 19.1. The second-order valence-corrected chi connectivity index (χ2v) is 9.24. The zero-order chi connectivity index (χ0) is 25.4. The van der Waals surface area contributed by atoms with Crippen LogP contribution in [0.2, 0.25) is 0 Å². The maximum Gasteiger partial charge on any atom is 0.306 e. The van der Waals surface area contributed by atoms with E-state index < -0.39 is 11.9 Å². The van der Waals surface area contributed by atoms with E-state index in [-0.39, 0.29) is 46.7 Å². The number of phenols is 2. The van der Waals surface area contributed by atoms with Crippen LogP contribution in [0.3, 0.4) is 0 Å². The molecule has 184 valence electrons. The van der Waals surface area contributed by atoms with E-state index in [4.69, 9.17) is 18.6 Å². The molecule has 0 saturated carbocycles. The highest BCUT2D eigenvalue weighted by molar-refractivity contribution is 9.10. The molecule has 2 N–H and O–H groups in total. The lowest BCUT2D eigenvalue weighted by molar-refractivity contribution is -0.140. The van der Waals surface area contributed by atoms with Crippen molar-refractivity contribution in [1.82, 2.24) is 0 Å². The van der Waals surface area contributed by atoms with Crippen LogP contribution in [0, 0.1) is 0 Å². The number of hydrogen-bond acceptors (Lipinski definition) is 8. The molecule has 0 aliphatic carbocycles. The van der Waals surface area contributed by atoms with Gasteiger partial charge in [0.05, 0.1) is 31.1 Å². The van der Waals surface area contributed by atoms with Crippen LogP contribution in [0.4, 0.5) is 0 Å². The smallest absolute Gasteiger partial charge is 0.306 e. The van der Waals surface area contributed by atoms with E-state index >= 15 is 0 Å². The number of carbonyl (C=O) groups is 1. The van der Waals surface area contributed by atoms with E-state index in [0.29, 0.717) is 29.0 Å². The van der Waals surface area contributed by atoms with Crippen molar-refractivity contribution in [2.24, 2.45) is 0 Å². The summed E-state index contributed by atoms with van der Waals surface area (Å²) in [6.07, 6.45) is 1.18. The molecular weight excluding hydrogens is 532 g/mol. The molecule has 1 atom stereocenters. The van der Waals surface area contributed by atoms with Gasteiger partial charge in [0.25, 0.3) is 0 Å². The van der Waals surface area contributed by atoms with Gasteiger partial charge in [0.15, 0.2) is 6.79 Å². The van der Waals surface area contributed by atoms with Crippen molar-refractivity contribution < 1.29 is 33.6 Å². The Hall–Kier alpha value is -3.82. The number of rotatable bonds is 5. The second-order valence-electron chi connectivity index (χ2n) is 8.33.